The number of ether oxygens (including phenoxy) is 1. The van der Waals surface area contributed by atoms with Crippen LogP contribution < -0.4 is 0 Å². The van der Waals surface area contributed by atoms with Crippen LogP contribution in [0, 0.1) is 17.0 Å². The minimum Gasteiger partial charge on any atom is -0.383 e. The van der Waals surface area contributed by atoms with E-state index in [1.165, 1.54) is 24.5 Å². The van der Waals surface area contributed by atoms with Gasteiger partial charge in [0.2, 0.25) is 15.9 Å². The predicted octanol–water partition coefficient (Wildman–Crippen LogP) is 4.48. The maximum Gasteiger partial charge on any atom is 0.289 e. The quantitative estimate of drug-likeness (QED) is 0.242. The average Bonchev–Trinajstić information content (AvgIpc) is 3.25. The van der Waals surface area contributed by atoms with E-state index < -0.39 is 33.1 Å². The number of carbonyl (C=O) groups is 1. The third kappa shape index (κ3) is 6.89. The van der Waals surface area contributed by atoms with Crippen LogP contribution >= 0.6 is 22.9 Å². The SMILES string of the molecule is COCCN(CC(=O)N(Cc1ccccc1)Cc1sccc1C)S(=O)(=O)c1ccc(Cl)c([N+](=O)[O-])c1. The molecule has 0 fully saturated rings. The maximum absolute atomic E-state index is 13.5. The van der Waals surface area contributed by atoms with E-state index in [1.54, 1.807) is 4.90 Å². The first-order valence-corrected chi connectivity index (χ1v) is 13.6. The van der Waals surface area contributed by atoms with Gasteiger partial charge in [-0.1, -0.05) is 41.9 Å². The van der Waals surface area contributed by atoms with Crippen LogP contribution in [-0.2, 0) is 32.6 Å². The Hall–Kier alpha value is -2.83. The van der Waals surface area contributed by atoms with Crippen molar-refractivity contribution in [2.24, 2.45) is 0 Å². The third-order valence-corrected chi connectivity index (χ3v) is 8.65. The van der Waals surface area contributed by atoms with Crippen molar-refractivity contribution in [3.8, 4) is 0 Å². The van der Waals surface area contributed by atoms with Crippen molar-refractivity contribution in [2.75, 3.05) is 26.8 Å². The number of benzene rings is 2. The van der Waals surface area contributed by atoms with Crippen molar-refractivity contribution in [3.63, 3.8) is 0 Å². The van der Waals surface area contributed by atoms with Gasteiger partial charge in [0.1, 0.15) is 5.02 Å². The van der Waals surface area contributed by atoms with Gasteiger partial charge in [0, 0.05) is 31.1 Å². The Labute approximate surface area is 219 Å². The van der Waals surface area contributed by atoms with E-state index >= 15 is 0 Å². The number of aryl methyl sites for hydroxylation is 1. The Kier molecular flexibility index (Phi) is 9.57. The molecular formula is C24H26ClN3O6S2. The molecule has 2 aromatic carbocycles. The highest BCUT2D eigenvalue weighted by Crippen LogP contribution is 2.29. The van der Waals surface area contributed by atoms with Crippen LogP contribution in [0.3, 0.4) is 0 Å². The Morgan fingerprint density at radius 2 is 1.86 bits per heavy atom. The summed E-state index contributed by atoms with van der Waals surface area (Å²) in [5, 5.41) is 13.1. The van der Waals surface area contributed by atoms with Gasteiger partial charge in [-0.05, 0) is 41.6 Å². The van der Waals surface area contributed by atoms with Gasteiger partial charge in [0.25, 0.3) is 5.69 Å². The molecule has 1 heterocycles. The highest BCUT2D eigenvalue weighted by Gasteiger charge is 2.30. The van der Waals surface area contributed by atoms with Gasteiger partial charge >= 0.3 is 0 Å². The second-order valence-corrected chi connectivity index (χ2v) is 11.3. The zero-order valence-electron chi connectivity index (χ0n) is 19.8. The molecule has 1 amide bonds. The van der Waals surface area contributed by atoms with Gasteiger partial charge in [-0.2, -0.15) is 4.31 Å². The summed E-state index contributed by atoms with van der Waals surface area (Å²) in [5.41, 5.74) is 1.41. The summed E-state index contributed by atoms with van der Waals surface area (Å²) in [6, 6.07) is 14.6. The number of sulfonamides is 1. The first-order valence-electron chi connectivity index (χ1n) is 10.9. The minimum atomic E-state index is -4.27. The average molecular weight is 552 g/mol. The van der Waals surface area contributed by atoms with Crippen LogP contribution in [0.15, 0.2) is 64.9 Å². The van der Waals surface area contributed by atoms with Gasteiger partial charge in [0.15, 0.2) is 0 Å². The van der Waals surface area contributed by atoms with Gasteiger partial charge in [-0.3, -0.25) is 14.9 Å². The number of rotatable bonds is 12. The highest BCUT2D eigenvalue weighted by molar-refractivity contribution is 7.89. The number of amides is 1. The van der Waals surface area contributed by atoms with Gasteiger partial charge < -0.3 is 9.64 Å². The third-order valence-electron chi connectivity index (χ3n) is 5.48. The molecule has 0 N–H and O–H groups in total. The number of carbonyl (C=O) groups excluding carboxylic acids is 1. The van der Waals surface area contributed by atoms with Crippen molar-refractivity contribution >= 4 is 44.6 Å². The Morgan fingerprint density at radius 1 is 1.14 bits per heavy atom. The van der Waals surface area contributed by atoms with Gasteiger partial charge in [0.05, 0.1) is 29.5 Å². The molecule has 0 atom stereocenters. The maximum atomic E-state index is 13.5. The van der Waals surface area contributed by atoms with Crippen LogP contribution in [0.2, 0.25) is 5.02 Å². The molecule has 0 saturated heterocycles. The zero-order chi connectivity index (χ0) is 26.3. The second-order valence-electron chi connectivity index (χ2n) is 7.96. The van der Waals surface area contributed by atoms with E-state index in [1.807, 2.05) is 48.7 Å². The molecule has 0 aliphatic rings. The Balaban J connectivity index is 1.92. The molecule has 0 spiro atoms. The van der Waals surface area contributed by atoms with Crippen molar-refractivity contribution < 1.29 is 22.9 Å². The number of hydrogen-bond acceptors (Lipinski definition) is 7. The smallest absolute Gasteiger partial charge is 0.289 e. The number of halogens is 1. The van der Waals surface area contributed by atoms with Crippen LogP contribution in [0.1, 0.15) is 16.0 Å². The first-order chi connectivity index (χ1) is 17.1. The number of hydrogen-bond donors (Lipinski definition) is 0. The summed E-state index contributed by atoms with van der Waals surface area (Å²) < 4.78 is 32.9. The van der Waals surface area contributed by atoms with E-state index in [2.05, 4.69) is 0 Å². The molecule has 0 radical (unpaired) electrons. The largest absolute Gasteiger partial charge is 0.383 e. The lowest BCUT2D eigenvalue weighted by molar-refractivity contribution is -0.384. The second kappa shape index (κ2) is 12.4. The van der Waals surface area contributed by atoms with E-state index in [9.17, 15) is 23.3 Å². The predicted molar refractivity (Wildman–Crippen MR) is 138 cm³/mol. The topological polar surface area (TPSA) is 110 Å². The molecule has 12 heteroatoms. The normalized spacial score (nSPS) is 11.6. The lowest BCUT2D eigenvalue weighted by atomic mass is 10.2. The molecule has 36 heavy (non-hydrogen) atoms. The fourth-order valence-corrected chi connectivity index (χ4v) is 5.95. The molecule has 3 rings (SSSR count). The summed E-state index contributed by atoms with van der Waals surface area (Å²) in [6.45, 7) is 2.03. The molecule has 0 unspecified atom stereocenters. The van der Waals surface area contributed by atoms with Crippen LogP contribution in [0.4, 0.5) is 5.69 Å². The number of thiophene rings is 1. The standard InChI is InChI=1S/C24H26ClN3O6S2/c1-18-10-13-35-23(18)16-26(15-19-6-4-3-5-7-19)24(29)17-27(11-12-34-2)36(32,33)20-8-9-21(25)22(14-20)28(30)31/h3-10,13-14H,11-12,15-17H2,1-2H3. The summed E-state index contributed by atoms with van der Waals surface area (Å²) in [6.07, 6.45) is 0. The summed E-state index contributed by atoms with van der Waals surface area (Å²) >= 11 is 7.38. The first kappa shape index (κ1) is 27.8. The molecule has 0 aliphatic heterocycles. The van der Waals surface area contributed by atoms with Gasteiger partial charge in [-0.15, -0.1) is 11.3 Å². The minimum absolute atomic E-state index is 0.0326. The molecule has 1 aromatic heterocycles. The van der Waals surface area contributed by atoms with Crippen molar-refractivity contribution in [3.05, 3.63) is 91.1 Å². The molecule has 192 valence electrons. The zero-order valence-corrected chi connectivity index (χ0v) is 22.2. The van der Waals surface area contributed by atoms with Crippen molar-refractivity contribution in [1.29, 1.82) is 0 Å². The monoisotopic (exact) mass is 551 g/mol. The molecule has 3 aromatic rings. The number of nitro benzene ring substituents is 1. The summed E-state index contributed by atoms with van der Waals surface area (Å²) in [4.78, 5) is 26.3. The molecule has 0 aliphatic carbocycles. The molecule has 0 saturated carbocycles. The van der Waals surface area contributed by atoms with E-state index in [0.717, 1.165) is 32.4 Å². The van der Waals surface area contributed by atoms with E-state index in [0.29, 0.717) is 13.1 Å². The Morgan fingerprint density at radius 3 is 2.47 bits per heavy atom. The van der Waals surface area contributed by atoms with Crippen LogP contribution in [0.25, 0.3) is 0 Å². The van der Waals surface area contributed by atoms with Gasteiger partial charge in [-0.25, -0.2) is 8.42 Å². The summed E-state index contributed by atoms with van der Waals surface area (Å²) in [7, 11) is -2.85. The fraction of sp³-hybridized carbons (Fsp3) is 0.292. The molecular weight excluding hydrogens is 526 g/mol. The summed E-state index contributed by atoms with van der Waals surface area (Å²) in [5.74, 6) is -0.408. The fourth-order valence-electron chi connectivity index (χ4n) is 3.45. The number of nitro groups is 1. The molecule has 0 bridgehead atoms. The Bertz CT molecular complexity index is 1310. The number of nitrogens with zero attached hydrogens (tertiary/aromatic N) is 3. The van der Waals surface area contributed by atoms with E-state index in [4.69, 9.17) is 16.3 Å². The van der Waals surface area contributed by atoms with Crippen molar-refractivity contribution in [1.82, 2.24) is 9.21 Å². The highest BCUT2D eigenvalue weighted by atomic mass is 35.5. The lowest BCUT2D eigenvalue weighted by Gasteiger charge is -2.27. The number of methoxy groups -OCH3 is 1. The molecule has 9 nitrogen and oxygen atoms in total. The van der Waals surface area contributed by atoms with Crippen LogP contribution in [0.5, 0.6) is 0 Å². The van der Waals surface area contributed by atoms with Crippen LogP contribution in [-0.4, -0.2) is 55.3 Å². The van der Waals surface area contributed by atoms with E-state index in [-0.39, 0.29) is 23.1 Å². The lowest BCUT2D eigenvalue weighted by Crippen LogP contribution is -2.43. The van der Waals surface area contributed by atoms with Crippen molar-refractivity contribution in [2.45, 2.75) is 24.9 Å².